The number of ether oxygens (including phenoxy) is 2. The lowest BCUT2D eigenvalue weighted by Gasteiger charge is -2.15. The van der Waals surface area contributed by atoms with E-state index < -0.39 is 17.5 Å². The van der Waals surface area contributed by atoms with Crippen molar-refractivity contribution >= 4 is 17.5 Å². The van der Waals surface area contributed by atoms with E-state index in [0.29, 0.717) is 11.5 Å². The quantitative estimate of drug-likeness (QED) is 0.864. The van der Waals surface area contributed by atoms with Gasteiger partial charge in [0.15, 0.2) is 23.1 Å². The summed E-state index contributed by atoms with van der Waals surface area (Å²) < 4.78 is 36.8. The van der Waals surface area contributed by atoms with Crippen molar-refractivity contribution in [1.29, 1.82) is 0 Å². The van der Waals surface area contributed by atoms with E-state index in [1.54, 1.807) is 25.1 Å². The highest BCUT2D eigenvalue weighted by Gasteiger charge is 2.19. The van der Waals surface area contributed by atoms with E-state index in [9.17, 15) is 13.6 Å². The van der Waals surface area contributed by atoms with Crippen LogP contribution < -0.4 is 14.8 Å². The van der Waals surface area contributed by atoms with Crippen LogP contribution in [0.3, 0.4) is 0 Å². The second kappa shape index (κ2) is 6.04. The number of carbonyl (C=O) groups excluding carboxylic acids is 1. The molecule has 2 aromatic carbocycles. The monoisotopic (exact) mass is 339 g/mol. The summed E-state index contributed by atoms with van der Waals surface area (Å²) in [7, 11) is 0. The van der Waals surface area contributed by atoms with Crippen LogP contribution >= 0.6 is 11.6 Å². The first-order chi connectivity index (χ1) is 11.0. The van der Waals surface area contributed by atoms with Crippen LogP contribution in [0.25, 0.3) is 0 Å². The minimum atomic E-state index is -1.13. The third-order valence-corrected chi connectivity index (χ3v) is 3.81. The molecule has 0 saturated carbocycles. The topological polar surface area (TPSA) is 47.6 Å². The summed E-state index contributed by atoms with van der Waals surface area (Å²) in [5, 5.41) is 2.53. The van der Waals surface area contributed by atoms with E-state index in [4.69, 9.17) is 21.1 Å². The smallest absolute Gasteiger partial charge is 0.253 e. The summed E-state index contributed by atoms with van der Waals surface area (Å²) in [6, 6.07) is 6.44. The standard InChI is InChI=1S/C16H12ClF2NO3/c1-8(9-2-3-14-15(4-9)23-7-22-14)20-16(21)10-5-12(18)13(19)6-11(10)17/h2-6,8H,7H2,1H3,(H,20,21). The predicted molar refractivity (Wildman–Crippen MR) is 79.8 cm³/mol. The van der Waals surface area contributed by atoms with Gasteiger partial charge in [-0.05, 0) is 36.8 Å². The van der Waals surface area contributed by atoms with Gasteiger partial charge in [0, 0.05) is 0 Å². The molecule has 0 radical (unpaired) electrons. The highest BCUT2D eigenvalue weighted by molar-refractivity contribution is 6.33. The molecule has 1 atom stereocenters. The molecule has 1 aliphatic heterocycles. The van der Waals surface area contributed by atoms with E-state index in [1.165, 1.54) is 0 Å². The lowest BCUT2D eigenvalue weighted by atomic mass is 10.1. The molecule has 0 aromatic heterocycles. The fraction of sp³-hybridized carbons (Fsp3) is 0.188. The largest absolute Gasteiger partial charge is 0.454 e. The van der Waals surface area contributed by atoms with Gasteiger partial charge in [-0.2, -0.15) is 0 Å². The summed E-state index contributed by atoms with van der Waals surface area (Å²) in [5.41, 5.74) is 0.652. The molecule has 1 heterocycles. The molecule has 1 N–H and O–H groups in total. The molecular formula is C16H12ClF2NO3. The molecule has 120 valence electrons. The molecule has 1 unspecified atom stereocenters. The van der Waals surface area contributed by atoms with E-state index in [-0.39, 0.29) is 23.4 Å². The van der Waals surface area contributed by atoms with Gasteiger partial charge in [-0.25, -0.2) is 8.78 Å². The third kappa shape index (κ3) is 3.07. The average molecular weight is 340 g/mol. The van der Waals surface area contributed by atoms with Crippen molar-refractivity contribution in [3.05, 3.63) is 58.1 Å². The van der Waals surface area contributed by atoms with Gasteiger partial charge < -0.3 is 14.8 Å². The van der Waals surface area contributed by atoms with Crippen molar-refractivity contribution in [2.24, 2.45) is 0 Å². The molecule has 0 bridgehead atoms. The maximum absolute atomic E-state index is 13.3. The number of halogens is 3. The van der Waals surface area contributed by atoms with Crippen molar-refractivity contribution in [2.45, 2.75) is 13.0 Å². The summed E-state index contributed by atoms with van der Waals surface area (Å²) in [6.07, 6.45) is 0. The van der Waals surface area contributed by atoms with Crippen LogP contribution in [0.5, 0.6) is 11.5 Å². The van der Waals surface area contributed by atoms with Gasteiger partial charge in [-0.1, -0.05) is 17.7 Å². The first-order valence-electron chi connectivity index (χ1n) is 6.80. The van der Waals surface area contributed by atoms with Crippen molar-refractivity contribution in [3.8, 4) is 11.5 Å². The number of amides is 1. The first kappa shape index (κ1) is 15.6. The lowest BCUT2D eigenvalue weighted by Crippen LogP contribution is -2.27. The fourth-order valence-electron chi connectivity index (χ4n) is 2.24. The second-order valence-electron chi connectivity index (χ2n) is 5.05. The zero-order valence-corrected chi connectivity index (χ0v) is 12.8. The average Bonchev–Trinajstić information content (AvgIpc) is 2.98. The Morgan fingerprint density at radius 2 is 1.87 bits per heavy atom. The summed E-state index contributed by atoms with van der Waals surface area (Å²) in [6.45, 7) is 1.91. The van der Waals surface area contributed by atoms with Crippen molar-refractivity contribution < 1.29 is 23.0 Å². The minimum absolute atomic E-state index is 0.127. The molecule has 7 heteroatoms. The molecule has 0 aliphatic carbocycles. The van der Waals surface area contributed by atoms with Gasteiger partial charge in [0.25, 0.3) is 5.91 Å². The number of nitrogens with one attached hydrogen (secondary N) is 1. The van der Waals surface area contributed by atoms with Crippen LogP contribution in [0.4, 0.5) is 8.78 Å². The molecule has 1 amide bonds. The lowest BCUT2D eigenvalue weighted by molar-refractivity contribution is 0.0939. The fourth-order valence-corrected chi connectivity index (χ4v) is 2.47. The van der Waals surface area contributed by atoms with Gasteiger partial charge >= 0.3 is 0 Å². The minimum Gasteiger partial charge on any atom is -0.454 e. The zero-order chi connectivity index (χ0) is 16.6. The van der Waals surface area contributed by atoms with Gasteiger partial charge in [0.2, 0.25) is 6.79 Å². The summed E-state index contributed by atoms with van der Waals surface area (Å²) in [4.78, 5) is 12.2. The molecular weight excluding hydrogens is 328 g/mol. The summed E-state index contributed by atoms with van der Waals surface area (Å²) in [5.74, 6) is -1.60. The maximum atomic E-state index is 13.3. The van der Waals surface area contributed by atoms with E-state index in [1.807, 2.05) is 0 Å². The molecule has 23 heavy (non-hydrogen) atoms. The molecule has 4 nitrogen and oxygen atoms in total. The Morgan fingerprint density at radius 1 is 1.17 bits per heavy atom. The number of carbonyl (C=O) groups is 1. The van der Waals surface area contributed by atoms with Gasteiger partial charge in [-0.15, -0.1) is 0 Å². The predicted octanol–water partition coefficient (Wildman–Crippen LogP) is 3.84. The molecule has 1 aliphatic rings. The SMILES string of the molecule is CC(NC(=O)c1cc(F)c(F)cc1Cl)c1ccc2c(c1)OCO2. The highest BCUT2D eigenvalue weighted by Crippen LogP contribution is 2.34. The number of benzene rings is 2. The zero-order valence-electron chi connectivity index (χ0n) is 12.0. The Balaban J connectivity index is 1.78. The Hall–Kier alpha value is -2.34. The van der Waals surface area contributed by atoms with Crippen LogP contribution in [0.15, 0.2) is 30.3 Å². The van der Waals surface area contributed by atoms with Gasteiger partial charge in [0.1, 0.15) is 0 Å². The number of rotatable bonds is 3. The van der Waals surface area contributed by atoms with Crippen molar-refractivity contribution in [2.75, 3.05) is 6.79 Å². The van der Waals surface area contributed by atoms with Gasteiger partial charge in [-0.3, -0.25) is 4.79 Å². The van der Waals surface area contributed by atoms with E-state index in [0.717, 1.165) is 17.7 Å². The van der Waals surface area contributed by atoms with E-state index in [2.05, 4.69) is 5.32 Å². The normalized spacial score (nSPS) is 13.7. The molecule has 2 aromatic rings. The molecule has 3 rings (SSSR count). The Bertz CT molecular complexity index is 782. The third-order valence-electron chi connectivity index (χ3n) is 3.50. The van der Waals surface area contributed by atoms with Crippen LogP contribution in [-0.4, -0.2) is 12.7 Å². The van der Waals surface area contributed by atoms with Crippen molar-refractivity contribution in [3.63, 3.8) is 0 Å². The Labute approximate surface area is 136 Å². The first-order valence-corrected chi connectivity index (χ1v) is 7.18. The number of hydrogen-bond acceptors (Lipinski definition) is 3. The van der Waals surface area contributed by atoms with Crippen LogP contribution in [-0.2, 0) is 0 Å². The van der Waals surface area contributed by atoms with Crippen molar-refractivity contribution in [1.82, 2.24) is 5.32 Å². The number of hydrogen-bond donors (Lipinski definition) is 1. The Kier molecular flexibility index (Phi) is 4.09. The van der Waals surface area contributed by atoms with Crippen LogP contribution in [0.1, 0.15) is 28.9 Å². The highest BCUT2D eigenvalue weighted by atomic mass is 35.5. The second-order valence-corrected chi connectivity index (χ2v) is 5.46. The molecule has 0 spiro atoms. The van der Waals surface area contributed by atoms with Crippen LogP contribution in [0.2, 0.25) is 5.02 Å². The van der Waals surface area contributed by atoms with E-state index >= 15 is 0 Å². The Morgan fingerprint density at radius 3 is 2.65 bits per heavy atom. The van der Waals surface area contributed by atoms with Crippen LogP contribution in [0, 0.1) is 11.6 Å². The van der Waals surface area contributed by atoms with Gasteiger partial charge in [0.05, 0.1) is 16.6 Å². The molecule has 0 fully saturated rings. The molecule has 0 saturated heterocycles. The number of fused-ring (bicyclic) bond motifs is 1. The summed E-state index contributed by atoms with van der Waals surface area (Å²) >= 11 is 5.80. The maximum Gasteiger partial charge on any atom is 0.253 e.